The topological polar surface area (TPSA) is 55.3 Å². The number of hydrogen-bond donors (Lipinski definition) is 0. The molecule has 0 N–H and O–H groups in total. The lowest BCUT2D eigenvalue weighted by Crippen LogP contribution is -2.38. The van der Waals surface area contributed by atoms with Crippen LogP contribution in [0.15, 0.2) is 18.7 Å². The Bertz CT molecular complexity index is 466. The molecule has 0 saturated heterocycles. The molecule has 0 bridgehead atoms. The fourth-order valence-corrected chi connectivity index (χ4v) is 1.60. The van der Waals surface area contributed by atoms with E-state index in [1.54, 1.807) is 20.8 Å². The number of rotatable bonds is 3. The van der Waals surface area contributed by atoms with Gasteiger partial charge in [0.15, 0.2) is 0 Å². The smallest absolute Gasteiger partial charge is 0.417 e. The molecule has 1 amide bonds. The lowest BCUT2D eigenvalue weighted by Gasteiger charge is -2.25. The first-order valence-electron chi connectivity index (χ1n) is 5.54. The largest absolute Gasteiger partial charge is 0.443 e. The number of nitrogens with zero attached hydrogens (tertiary/aromatic N) is 3. The number of halogens is 2. The summed E-state index contributed by atoms with van der Waals surface area (Å²) in [6.45, 7) is 9.06. The first-order valence-corrected chi connectivity index (χ1v) is 6.30. The second-order valence-corrected chi connectivity index (χ2v) is 5.47. The number of carbonyl (C=O) groups is 1. The molecule has 0 saturated carbocycles. The minimum Gasteiger partial charge on any atom is -0.443 e. The van der Waals surface area contributed by atoms with Crippen molar-refractivity contribution in [2.45, 2.75) is 26.4 Å². The molecule has 0 spiro atoms. The third-order valence-corrected chi connectivity index (χ3v) is 2.21. The summed E-state index contributed by atoms with van der Waals surface area (Å²) in [6.07, 6.45) is 0.938. The van der Waals surface area contributed by atoms with Crippen LogP contribution in [0, 0.1) is 0 Å². The summed E-state index contributed by atoms with van der Waals surface area (Å²) in [7, 11) is 0. The van der Waals surface area contributed by atoms with E-state index < -0.39 is 11.7 Å². The van der Waals surface area contributed by atoms with Gasteiger partial charge in [-0.15, -0.1) is 6.58 Å². The molecule has 19 heavy (non-hydrogen) atoms. The molecule has 1 aromatic rings. The van der Waals surface area contributed by atoms with Crippen LogP contribution in [-0.2, 0) is 4.74 Å². The summed E-state index contributed by atoms with van der Waals surface area (Å²) in [4.78, 5) is 21.2. The molecule has 0 atom stereocenters. The first-order chi connectivity index (χ1) is 8.73. The zero-order valence-corrected chi connectivity index (χ0v) is 12.5. The minimum absolute atomic E-state index is 0.0756. The van der Waals surface area contributed by atoms with Crippen molar-refractivity contribution in [1.29, 1.82) is 0 Å². The van der Waals surface area contributed by atoms with Crippen LogP contribution in [0.1, 0.15) is 20.8 Å². The molecule has 1 heterocycles. The number of ether oxygens (including phenoxy) is 1. The molecule has 5 nitrogen and oxygen atoms in total. The average Bonchev–Trinajstić information content (AvgIpc) is 2.21. The SMILES string of the molecule is C=CCN(C(=O)OC(C)(C)C)c1nc(Cl)cc(Cl)n1. The molecule has 0 radical (unpaired) electrons. The predicted octanol–water partition coefficient (Wildman–Crippen LogP) is 3.71. The minimum atomic E-state index is -0.626. The number of aromatic nitrogens is 2. The Morgan fingerprint density at radius 1 is 1.42 bits per heavy atom. The Balaban J connectivity index is 3.05. The van der Waals surface area contributed by atoms with Gasteiger partial charge in [0, 0.05) is 6.07 Å². The zero-order valence-electron chi connectivity index (χ0n) is 11.0. The van der Waals surface area contributed by atoms with Crippen LogP contribution in [0.25, 0.3) is 0 Å². The molecular weight excluding hydrogens is 289 g/mol. The molecule has 1 aromatic heterocycles. The van der Waals surface area contributed by atoms with E-state index in [0.29, 0.717) is 0 Å². The van der Waals surface area contributed by atoms with E-state index in [0.717, 1.165) is 0 Å². The van der Waals surface area contributed by atoms with Crippen LogP contribution >= 0.6 is 23.2 Å². The average molecular weight is 304 g/mol. The molecule has 104 valence electrons. The summed E-state index contributed by atoms with van der Waals surface area (Å²) >= 11 is 11.6. The maximum absolute atomic E-state index is 12.1. The predicted molar refractivity (Wildman–Crippen MR) is 75.8 cm³/mol. The third-order valence-electron chi connectivity index (χ3n) is 1.82. The molecule has 0 aliphatic rings. The van der Waals surface area contributed by atoms with E-state index in [1.165, 1.54) is 17.0 Å². The van der Waals surface area contributed by atoms with Gasteiger partial charge in [0.25, 0.3) is 0 Å². The van der Waals surface area contributed by atoms with Crippen molar-refractivity contribution in [2.75, 3.05) is 11.4 Å². The highest BCUT2D eigenvalue weighted by Gasteiger charge is 2.24. The highest BCUT2D eigenvalue weighted by molar-refractivity contribution is 6.33. The molecule has 1 rings (SSSR count). The van der Waals surface area contributed by atoms with Gasteiger partial charge in [-0.25, -0.2) is 19.7 Å². The van der Waals surface area contributed by atoms with Crippen molar-refractivity contribution in [2.24, 2.45) is 0 Å². The Hall–Kier alpha value is -1.33. The van der Waals surface area contributed by atoms with Crippen LogP contribution in [0.5, 0.6) is 0 Å². The zero-order chi connectivity index (χ0) is 14.6. The van der Waals surface area contributed by atoms with Gasteiger partial charge >= 0.3 is 6.09 Å². The van der Waals surface area contributed by atoms with Crippen LogP contribution < -0.4 is 4.90 Å². The quantitative estimate of drug-likeness (QED) is 0.631. The second kappa shape index (κ2) is 6.21. The van der Waals surface area contributed by atoms with Crippen molar-refractivity contribution in [3.05, 3.63) is 29.0 Å². The van der Waals surface area contributed by atoms with Gasteiger partial charge in [-0.2, -0.15) is 0 Å². The maximum atomic E-state index is 12.1. The molecule has 0 unspecified atom stereocenters. The van der Waals surface area contributed by atoms with Gasteiger partial charge in [0.2, 0.25) is 5.95 Å². The molecule has 0 aliphatic heterocycles. The fourth-order valence-electron chi connectivity index (χ4n) is 1.18. The van der Waals surface area contributed by atoms with Crippen LogP contribution in [-0.4, -0.2) is 28.2 Å². The summed E-state index contributed by atoms with van der Waals surface area (Å²) in [5, 5.41) is 0.292. The van der Waals surface area contributed by atoms with Gasteiger partial charge in [0.1, 0.15) is 15.9 Å². The van der Waals surface area contributed by atoms with E-state index >= 15 is 0 Å². The summed E-state index contributed by atoms with van der Waals surface area (Å²) in [5.74, 6) is 0.0756. The monoisotopic (exact) mass is 303 g/mol. The van der Waals surface area contributed by atoms with E-state index in [1.807, 2.05) is 0 Å². The van der Waals surface area contributed by atoms with Crippen LogP contribution in [0.3, 0.4) is 0 Å². The maximum Gasteiger partial charge on any atom is 0.417 e. The molecule has 0 aliphatic carbocycles. The molecular formula is C12H15Cl2N3O2. The standard InChI is InChI=1S/C12H15Cl2N3O2/c1-5-6-17(11(18)19-12(2,3)4)10-15-8(13)7-9(14)16-10/h5,7H,1,6H2,2-4H3. The number of carbonyl (C=O) groups excluding carboxylic acids is 1. The highest BCUT2D eigenvalue weighted by Crippen LogP contribution is 2.19. The summed E-state index contributed by atoms with van der Waals surface area (Å²) in [6, 6.07) is 1.38. The Kier molecular flexibility index (Phi) is 5.14. The summed E-state index contributed by atoms with van der Waals surface area (Å²) < 4.78 is 5.26. The second-order valence-electron chi connectivity index (χ2n) is 4.69. The number of anilines is 1. The van der Waals surface area contributed by atoms with Crippen LogP contribution in [0.4, 0.5) is 10.7 Å². The summed E-state index contributed by atoms with van der Waals surface area (Å²) in [5.41, 5.74) is -0.626. The van der Waals surface area contributed by atoms with Gasteiger partial charge in [-0.3, -0.25) is 0 Å². The van der Waals surface area contributed by atoms with Crippen molar-refractivity contribution in [3.63, 3.8) is 0 Å². The third kappa shape index (κ3) is 5.04. The lowest BCUT2D eigenvalue weighted by atomic mass is 10.2. The van der Waals surface area contributed by atoms with E-state index in [-0.39, 0.29) is 22.8 Å². The van der Waals surface area contributed by atoms with Crippen molar-refractivity contribution in [3.8, 4) is 0 Å². The number of amides is 1. The molecule has 0 fully saturated rings. The first kappa shape index (κ1) is 15.7. The fraction of sp³-hybridized carbons (Fsp3) is 0.417. The van der Waals surface area contributed by atoms with Gasteiger partial charge in [-0.05, 0) is 20.8 Å². The normalized spacial score (nSPS) is 11.0. The molecule has 7 heteroatoms. The van der Waals surface area contributed by atoms with Gasteiger partial charge in [0.05, 0.1) is 6.54 Å². The van der Waals surface area contributed by atoms with Crippen molar-refractivity contribution in [1.82, 2.24) is 9.97 Å². The van der Waals surface area contributed by atoms with E-state index in [4.69, 9.17) is 27.9 Å². The van der Waals surface area contributed by atoms with Gasteiger partial charge in [-0.1, -0.05) is 29.3 Å². The van der Waals surface area contributed by atoms with Crippen molar-refractivity contribution >= 4 is 35.2 Å². The van der Waals surface area contributed by atoms with Crippen LogP contribution in [0.2, 0.25) is 10.3 Å². The Morgan fingerprint density at radius 2 is 1.95 bits per heavy atom. The van der Waals surface area contributed by atoms with Gasteiger partial charge < -0.3 is 4.74 Å². The van der Waals surface area contributed by atoms with Crippen molar-refractivity contribution < 1.29 is 9.53 Å². The Morgan fingerprint density at radius 3 is 2.37 bits per heavy atom. The number of hydrogen-bond acceptors (Lipinski definition) is 4. The Labute approximate surface area is 122 Å². The molecule has 0 aromatic carbocycles. The highest BCUT2D eigenvalue weighted by atomic mass is 35.5. The van der Waals surface area contributed by atoms with E-state index in [9.17, 15) is 4.79 Å². The van der Waals surface area contributed by atoms with E-state index in [2.05, 4.69) is 16.5 Å². The lowest BCUT2D eigenvalue weighted by molar-refractivity contribution is 0.0582.